The molecule has 4 heteroatoms. The molecular weight excluding hydrogens is 220 g/mol. The van der Waals surface area contributed by atoms with Crippen molar-refractivity contribution in [3.63, 3.8) is 0 Å². The normalized spacial score (nSPS) is 18.2. The lowest BCUT2D eigenvalue weighted by Crippen LogP contribution is -2.26. The Morgan fingerprint density at radius 3 is 2.59 bits per heavy atom. The summed E-state index contributed by atoms with van der Waals surface area (Å²) in [5, 5.41) is 9.11. The molecule has 0 bridgehead atoms. The Hall–Kier alpha value is -1.39. The number of hydrogen-bond donors (Lipinski definition) is 1. The van der Waals surface area contributed by atoms with Crippen molar-refractivity contribution in [2.45, 2.75) is 26.1 Å². The van der Waals surface area contributed by atoms with Gasteiger partial charge in [-0.1, -0.05) is 19.1 Å². The summed E-state index contributed by atoms with van der Waals surface area (Å²) in [6, 6.07) is 5.31. The number of hydrogen-bond acceptors (Lipinski definition) is 3. The van der Waals surface area contributed by atoms with Gasteiger partial charge in [-0.05, 0) is 18.6 Å². The molecular formula is C13H16O4. The second-order valence-electron chi connectivity index (χ2n) is 4.14. The topological polar surface area (TPSA) is 55.8 Å². The van der Waals surface area contributed by atoms with Crippen molar-refractivity contribution >= 4 is 5.97 Å². The van der Waals surface area contributed by atoms with Gasteiger partial charge in [0.2, 0.25) is 0 Å². The van der Waals surface area contributed by atoms with E-state index in [1.807, 2.05) is 13.0 Å². The maximum absolute atomic E-state index is 11.1. The van der Waals surface area contributed by atoms with Crippen LogP contribution in [-0.4, -0.2) is 24.3 Å². The summed E-state index contributed by atoms with van der Waals surface area (Å²) in [5.41, 5.74) is 1.82. The van der Waals surface area contributed by atoms with Crippen molar-refractivity contribution in [1.82, 2.24) is 0 Å². The molecule has 0 spiro atoms. The zero-order valence-corrected chi connectivity index (χ0v) is 10.0. The summed E-state index contributed by atoms with van der Waals surface area (Å²) in [6.07, 6.45) is 0.662. The first-order valence-corrected chi connectivity index (χ1v) is 5.71. The summed E-state index contributed by atoms with van der Waals surface area (Å²) >= 11 is 0. The molecule has 4 nitrogen and oxygen atoms in total. The van der Waals surface area contributed by atoms with Crippen molar-refractivity contribution in [2.75, 3.05) is 13.2 Å². The molecule has 0 saturated carbocycles. The van der Waals surface area contributed by atoms with Crippen molar-refractivity contribution in [2.24, 2.45) is 0 Å². The molecule has 1 saturated heterocycles. The number of aromatic carboxylic acids is 1. The molecule has 0 atom stereocenters. The van der Waals surface area contributed by atoms with E-state index in [4.69, 9.17) is 14.6 Å². The molecule has 1 aromatic rings. The minimum absolute atomic E-state index is 0.300. The van der Waals surface area contributed by atoms with Crippen LogP contribution in [0.4, 0.5) is 0 Å². The van der Waals surface area contributed by atoms with Crippen molar-refractivity contribution in [3.8, 4) is 0 Å². The van der Waals surface area contributed by atoms with Gasteiger partial charge in [-0.15, -0.1) is 0 Å². The van der Waals surface area contributed by atoms with Crippen LogP contribution >= 0.6 is 0 Å². The molecule has 1 fully saturated rings. The van der Waals surface area contributed by atoms with Gasteiger partial charge in [-0.2, -0.15) is 0 Å². The van der Waals surface area contributed by atoms with Gasteiger partial charge in [0.05, 0.1) is 18.8 Å². The van der Waals surface area contributed by atoms with E-state index in [1.165, 1.54) is 0 Å². The first-order chi connectivity index (χ1) is 8.09. The molecule has 1 aromatic carbocycles. The Bertz CT molecular complexity index is 433. The van der Waals surface area contributed by atoms with E-state index in [2.05, 4.69) is 0 Å². The smallest absolute Gasteiger partial charge is 0.335 e. The fraction of sp³-hybridized carbons (Fsp3) is 0.462. The van der Waals surface area contributed by atoms with Crippen LogP contribution in [0.3, 0.4) is 0 Å². The minimum atomic E-state index is -0.923. The fourth-order valence-electron chi connectivity index (χ4n) is 2.12. The van der Waals surface area contributed by atoms with Crippen LogP contribution < -0.4 is 0 Å². The second kappa shape index (κ2) is 4.47. The van der Waals surface area contributed by atoms with Gasteiger partial charge in [0.25, 0.3) is 0 Å². The predicted octanol–water partition coefficient (Wildman–Crippen LogP) is 2.30. The number of carbonyl (C=O) groups is 1. The van der Waals surface area contributed by atoms with E-state index < -0.39 is 11.8 Å². The minimum Gasteiger partial charge on any atom is -0.478 e. The third-order valence-corrected chi connectivity index (χ3v) is 3.13. The Morgan fingerprint density at radius 2 is 2.06 bits per heavy atom. The van der Waals surface area contributed by atoms with Gasteiger partial charge < -0.3 is 14.6 Å². The predicted molar refractivity (Wildman–Crippen MR) is 62.0 cm³/mol. The summed E-state index contributed by atoms with van der Waals surface area (Å²) in [4.78, 5) is 11.1. The lowest BCUT2D eigenvalue weighted by molar-refractivity contribution is -0.167. The first kappa shape index (κ1) is 12.1. The zero-order chi connectivity index (χ0) is 12.5. The molecule has 17 heavy (non-hydrogen) atoms. The maximum Gasteiger partial charge on any atom is 0.335 e. The Balaban J connectivity index is 2.45. The molecule has 92 valence electrons. The first-order valence-electron chi connectivity index (χ1n) is 5.71. The molecule has 1 heterocycles. The molecule has 0 radical (unpaired) electrons. The average Bonchev–Trinajstić information content (AvgIpc) is 2.79. The molecule has 1 N–H and O–H groups in total. The van der Waals surface area contributed by atoms with Crippen molar-refractivity contribution in [3.05, 3.63) is 34.9 Å². The van der Waals surface area contributed by atoms with Crippen LogP contribution in [0.15, 0.2) is 18.2 Å². The number of benzene rings is 1. The van der Waals surface area contributed by atoms with Gasteiger partial charge >= 0.3 is 5.97 Å². The standard InChI is InChI=1S/C13H16O4/c1-3-13(16-6-7-17-13)10-5-4-9(2)11(8-10)12(14)15/h4-5,8H,3,6-7H2,1-2H3,(H,14,15). The molecule has 0 aliphatic carbocycles. The number of carboxylic acid groups (broad SMARTS) is 1. The van der Waals surface area contributed by atoms with E-state index in [0.717, 1.165) is 11.1 Å². The summed E-state index contributed by atoms with van der Waals surface area (Å²) in [7, 11) is 0. The SMILES string of the molecule is CCC1(c2ccc(C)c(C(=O)O)c2)OCCO1. The molecule has 0 amide bonds. The highest BCUT2D eigenvalue weighted by Crippen LogP contribution is 2.35. The fourth-order valence-corrected chi connectivity index (χ4v) is 2.12. The summed E-state index contributed by atoms with van der Waals surface area (Å²) < 4.78 is 11.3. The lowest BCUT2D eigenvalue weighted by atomic mass is 9.98. The van der Waals surface area contributed by atoms with E-state index in [9.17, 15) is 4.79 Å². The van der Waals surface area contributed by atoms with E-state index in [-0.39, 0.29) is 0 Å². The Morgan fingerprint density at radius 1 is 1.41 bits per heavy atom. The van der Waals surface area contributed by atoms with Crippen LogP contribution in [0.5, 0.6) is 0 Å². The highest BCUT2D eigenvalue weighted by atomic mass is 16.7. The highest BCUT2D eigenvalue weighted by molar-refractivity contribution is 5.89. The summed E-state index contributed by atoms with van der Waals surface area (Å²) in [6.45, 7) is 4.84. The third kappa shape index (κ3) is 2.06. The highest BCUT2D eigenvalue weighted by Gasteiger charge is 2.37. The zero-order valence-electron chi connectivity index (χ0n) is 10.0. The molecule has 0 unspecified atom stereocenters. The van der Waals surface area contributed by atoms with Gasteiger partial charge in [-0.3, -0.25) is 0 Å². The van der Waals surface area contributed by atoms with Gasteiger partial charge in [0.1, 0.15) is 0 Å². The van der Waals surface area contributed by atoms with Crippen LogP contribution in [0.1, 0.15) is 34.8 Å². The molecule has 1 aliphatic heterocycles. The lowest BCUT2D eigenvalue weighted by Gasteiger charge is -2.26. The number of rotatable bonds is 3. The van der Waals surface area contributed by atoms with Crippen molar-refractivity contribution < 1.29 is 19.4 Å². The quantitative estimate of drug-likeness (QED) is 0.874. The van der Waals surface area contributed by atoms with E-state index in [0.29, 0.717) is 25.2 Å². The van der Waals surface area contributed by atoms with Gasteiger partial charge in [0.15, 0.2) is 5.79 Å². The largest absolute Gasteiger partial charge is 0.478 e. The van der Waals surface area contributed by atoms with Crippen LogP contribution in [-0.2, 0) is 15.3 Å². The Labute approximate surface area is 100 Å². The van der Waals surface area contributed by atoms with Gasteiger partial charge in [-0.25, -0.2) is 4.79 Å². The summed E-state index contributed by atoms with van der Waals surface area (Å²) in [5.74, 6) is -1.69. The van der Waals surface area contributed by atoms with Crippen LogP contribution in [0.2, 0.25) is 0 Å². The van der Waals surface area contributed by atoms with E-state index in [1.54, 1.807) is 19.1 Å². The second-order valence-corrected chi connectivity index (χ2v) is 4.14. The average molecular weight is 236 g/mol. The monoisotopic (exact) mass is 236 g/mol. The number of aryl methyl sites for hydroxylation is 1. The molecule has 0 aromatic heterocycles. The molecule has 2 rings (SSSR count). The maximum atomic E-state index is 11.1. The van der Waals surface area contributed by atoms with Crippen molar-refractivity contribution in [1.29, 1.82) is 0 Å². The van der Waals surface area contributed by atoms with Crippen LogP contribution in [0.25, 0.3) is 0 Å². The number of ether oxygens (including phenoxy) is 2. The van der Waals surface area contributed by atoms with Crippen LogP contribution in [0, 0.1) is 6.92 Å². The van der Waals surface area contributed by atoms with E-state index >= 15 is 0 Å². The third-order valence-electron chi connectivity index (χ3n) is 3.13. The molecule has 1 aliphatic rings. The Kier molecular flexibility index (Phi) is 3.17. The number of carboxylic acids is 1. The van der Waals surface area contributed by atoms with Gasteiger partial charge in [0, 0.05) is 12.0 Å².